The molecule has 3 N–H and O–H groups in total. The minimum Gasteiger partial charge on any atom is -0.355 e. The number of carbonyl (C=O) groups excluding carboxylic acids is 2. The van der Waals surface area contributed by atoms with E-state index in [0.29, 0.717) is 17.1 Å². The van der Waals surface area contributed by atoms with Crippen LogP contribution >= 0.6 is 22.9 Å². The van der Waals surface area contributed by atoms with Crippen LogP contribution in [0.25, 0.3) is 0 Å². The van der Waals surface area contributed by atoms with Crippen molar-refractivity contribution >= 4 is 52.3 Å². The smallest absolute Gasteiger partial charge is 0.329 e. The number of aryl methyl sites for hydroxylation is 2. The fraction of sp³-hybridized carbons (Fsp3) is 0.136. The van der Waals surface area contributed by atoms with Crippen molar-refractivity contribution in [2.75, 3.05) is 5.32 Å². The molecule has 2 amide bonds. The SMILES string of the molecule is Cc1ccc(C)c(Nc2ccc(Cl)cc2/C=N\NC(=O)C(=O)NCc2cccs2)c1. The van der Waals surface area contributed by atoms with Gasteiger partial charge in [-0.1, -0.05) is 29.8 Å². The number of carbonyl (C=O) groups is 2. The second-order valence-electron chi connectivity index (χ2n) is 6.64. The van der Waals surface area contributed by atoms with Gasteiger partial charge in [-0.2, -0.15) is 5.10 Å². The average Bonchev–Trinajstić information content (AvgIpc) is 3.24. The van der Waals surface area contributed by atoms with Crippen molar-refractivity contribution in [2.24, 2.45) is 5.10 Å². The minimum absolute atomic E-state index is 0.297. The van der Waals surface area contributed by atoms with Gasteiger partial charge in [-0.25, -0.2) is 5.43 Å². The molecule has 3 aromatic rings. The minimum atomic E-state index is -0.839. The lowest BCUT2D eigenvalue weighted by molar-refractivity contribution is -0.139. The van der Waals surface area contributed by atoms with Crippen molar-refractivity contribution in [3.05, 3.63) is 80.5 Å². The van der Waals surface area contributed by atoms with Gasteiger partial charge >= 0.3 is 11.8 Å². The van der Waals surface area contributed by atoms with E-state index in [4.69, 9.17) is 11.6 Å². The van der Waals surface area contributed by atoms with Gasteiger partial charge in [-0.3, -0.25) is 9.59 Å². The monoisotopic (exact) mass is 440 g/mol. The highest BCUT2D eigenvalue weighted by Crippen LogP contribution is 2.26. The third-order valence-corrected chi connectivity index (χ3v) is 5.37. The van der Waals surface area contributed by atoms with Gasteiger partial charge in [0.2, 0.25) is 0 Å². The molecule has 0 unspecified atom stereocenters. The van der Waals surface area contributed by atoms with E-state index in [1.165, 1.54) is 17.6 Å². The maximum Gasteiger partial charge on any atom is 0.329 e. The number of amides is 2. The molecule has 1 aromatic heterocycles. The molecule has 0 saturated heterocycles. The molecule has 0 radical (unpaired) electrons. The summed E-state index contributed by atoms with van der Waals surface area (Å²) in [7, 11) is 0. The van der Waals surface area contributed by atoms with Crippen molar-refractivity contribution in [3.63, 3.8) is 0 Å². The second kappa shape index (κ2) is 10.0. The third kappa shape index (κ3) is 5.92. The van der Waals surface area contributed by atoms with Crippen LogP contribution in [0.4, 0.5) is 11.4 Å². The number of halogens is 1. The van der Waals surface area contributed by atoms with Crippen molar-refractivity contribution in [1.29, 1.82) is 0 Å². The predicted molar refractivity (Wildman–Crippen MR) is 123 cm³/mol. The van der Waals surface area contributed by atoms with E-state index in [-0.39, 0.29) is 0 Å². The van der Waals surface area contributed by atoms with Crippen LogP contribution < -0.4 is 16.1 Å². The molecule has 0 aliphatic carbocycles. The third-order valence-electron chi connectivity index (χ3n) is 4.26. The Labute approximate surface area is 184 Å². The van der Waals surface area contributed by atoms with E-state index in [1.54, 1.807) is 12.1 Å². The normalized spacial score (nSPS) is 10.8. The van der Waals surface area contributed by atoms with E-state index < -0.39 is 11.8 Å². The molecule has 6 nitrogen and oxygen atoms in total. The first-order valence-corrected chi connectivity index (χ1v) is 10.5. The highest BCUT2D eigenvalue weighted by atomic mass is 35.5. The number of nitrogens with one attached hydrogen (secondary N) is 3. The van der Waals surface area contributed by atoms with Crippen LogP contribution in [0.3, 0.4) is 0 Å². The van der Waals surface area contributed by atoms with Gasteiger partial charge in [0.05, 0.1) is 12.8 Å². The summed E-state index contributed by atoms with van der Waals surface area (Å²) in [6.07, 6.45) is 1.45. The maximum atomic E-state index is 11.9. The lowest BCUT2D eigenvalue weighted by atomic mass is 10.1. The van der Waals surface area contributed by atoms with Gasteiger partial charge in [-0.05, 0) is 60.7 Å². The lowest BCUT2D eigenvalue weighted by Gasteiger charge is -2.13. The molecule has 154 valence electrons. The summed E-state index contributed by atoms with van der Waals surface area (Å²) in [5.74, 6) is -1.59. The number of hydrazone groups is 1. The lowest BCUT2D eigenvalue weighted by Crippen LogP contribution is -2.37. The molecule has 30 heavy (non-hydrogen) atoms. The molecule has 0 atom stereocenters. The number of nitrogens with zero attached hydrogens (tertiary/aromatic N) is 1. The fourth-order valence-corrected chi connectivity index (χ4v) is 3.47. The number of hydrogen-bond donors (Lipinski definition) is 3. The van der Waals surface area contributed by atoms with Crippen LogP contribution in [0.15, 0.2) is 59.0 Å². The zero-order valence-corrected chi connectivity index (χ0v) is 18.1. The number of thiophene rings is 1. The van der Waals surface area contributed by atoms with Crippen molar-refractivity contribution in [1.82, 2.24) is 10.7 Å². The number of rotatable bonds is 6. The molecule has 0 spiro atoms. The molecule has 1 heterocycles. The van der Waals surface area contributed by atoms with Crippen LogP contribution in [-0.2, 0) is 16.1 Å². The highest BCUT2D eigenvalue weighted by molar-refractivity contribution is 7.09. The highest BCUT2D eigenvalue weighted by Gasteiger charge is 2.12. The molecule has 3 rings (SSSR count). The van der Waals surface area contributed by atoms with Gasteiger partial charge in [0.15, 0.2) is 0 Å². The topological polar surface area (TPSA) is 82.6 Å². The Morgan fingerprint density at radius 2 is 1.90 bits per heavy atom. The molecule has 0 bridgehead atoms. The summed E-state index contributed by atoms with van der Waals surface area (Å²) in [6.45, 7) is 4.33. The quantitative estimate of drug-likeness (QED) is 0.299. The van der Waals surface area contributed by atoms with Crippen LogP contribution in [-0.4, -0.2) is 18.0 Å². The summed E-state index contributed by atoms with van der Waals surface area (Å²) < 4.78 is 0. The summed E-state index contributed by atoms with van der Waals surface area (Å²) in [5, 5.41) is 12.3. The summed E-state index contributed by atoms with van der Waals surface area (Å²) >= 11 is 7.62. The van der Waals surface area contributed by atoms with Crippen molar-refractivity contribution < 1.29 is 9.59 Å². The van der Waals surface area contributed by atoms with Crippen LogP contribution in [0.1, 0.15) is 21.6 Å². The van der Waals surface area contributed by atoms with Gasteiger partial charge < -0.3 is 10.6 Å². The first kappa shape index (κ1) is 21.5. The number of benzene rings is 2. The standard InChI is InChI=1S/C22H21ClN4O2S/c1-14-5-6-15(2)20(10-14)26-19-8-7-17(23)11-16(19)12-25-27-22(29)21(28)24-13-18-4-3-9-30-18/h3-12,26H,13H2,1-2H3,(H,24,28)(H,27,29)/b25-12-. The molecule has 8 heteroatoms. The van der Waals surface area contributed by atoms with Crippen LogP contribution in [0.5, 0.6) is 0 Å². The summed E-state index contributed by atoms with van der Waals surface area (Å²) in [6, 6.07) is 15.2. The molecular formula is C22H21ClN4O2S. The van der Waals surface area contributed by atoms with Crippen LogP contribution in [0.2, 0.25) is 5.02 Å². The number of hydrogen-bond acceptors (Lipinski definition) is 5. The van der Waals surface area contributed by atoms with Gasteiger partial charge in [-0.15, -0.1) is 11.3 Å². The Morgan fingerprint density at radius 3 is 2.67 bits per heavy atom. The van der Waals surface area contributed by atoms with E-state index in [9.17, 15) is 9.59 Å². The molecule has 2 aromatic carbocycles. The Bertz CT molecular complexity index is 1080. The fourth-order valence-electron chi connectivity index (χ4n) is 2.64. The predicted octanol–water partition coefficient (Wildman–Crippen LogP) is 4.53. The Balaban J connectivity index is 1.65. The first-order valence-electron chi connectivity index (χ1n) is 9.20. The molecule has 0 aliphatic heterocycles. The molecule has 0 fully saturated rings. The average molecular weight is 441 g/mol. The first-order chi connectivity index (χ1) is 14.4. The maximum absolute atomic E-state index is 11.9. The van der Waals surface area contributed by atoms with Gasteiger partial charge in [0.25, 0.3) is 0 Å². The zero-order valence-electron chi connectivity index (χ0n) is 16.5. The summed E-state index contributed by atoms with van der Waals surface area (Å²) in [5.41, 5.74) is 6.87. The largest absolute Gasteiger partial charge is 0.355 e. The van der Waals surface area contributed by atoms with Crippen molar-refractivity contribution in [2.45, 2.75) is 20.4 Å². The second-order valence-corrected chi connectivity index (χ2v) is 8.10. The Kier molecular flexibility index (Phi) is 7.21. The van der Waals surface area contributed by atoms with E-state index in [0.717, 1.165) is 27.4 Å². The number of anilines is 2. The van der Waals surface area contributed by atoms with Crippen molar-refractivity contribution in [3.8, 4) is 0 Å². The van der Waals surface area contributed by atoms with E-state index in [2.05, 4.69) is 21.2 Å². The van der Waals surface area contributed by atoms with Gasteiger partial charge in [0.1, 0.15) is 0 Å². The van der Waals surface area contributed by atoms with Crippen LogP contribution in [0, 0.1) is 13.8 Å². The molecule has 0 aliphatic rings. The molecular weight excluding hydrogens is 420 g/mol. The summed E-state index contributed by atoms with van der Waals surface area (Å²) in [4.78, 5) is 24.8. The van der Waals surface area contributed by atoms with Gasteiger partial charge in [0, 0.05) is 26.8 Å². The Hall–Kier alpha value is -3.16. The zero-order chi connectivity index (χ0) is 21.5. The van der Waals surface area contributed by atoms with E-state index in [1.807, 2.05) is 55.6 Å². The Morgan fingerprint density at radius 1 is 1.07 bits per heavy atom. The van der Waals surface area contributed by atoms with E-state index >= 15 is 0 Å². The molecule has 0 saturated carbocycles.